The molecule has 5 aliphatic rings. The van der Waals surface area contributed by atoms with Crippen LogP contribution in [0.5, 0.6) is 5.75 Å². The molecule has 3 saturated heterocycles. The molecule has 1 spiro atoms. The second-order valence-corrected chi connectivity index (χ2v) is 13.3. The van der Waals surface area contributed by atoms with Crippen LogP contribution < -0.4 is 9.64 Å². The highest BCUT2D eigenvalue weighted by Gasteiger charge is 2.51. The monoisotopic (exact) mass is 560 g/mol. The van der Waals surface area contributed by atoms with Crippen LogP contribution in [0.4, 0.5) is 14.5 Å². The number of oxime groups is 1. The lowest BCUT2D eigenvalue weighted by Crippen LogP contribution is -2.61. The number of anilines is 1. The van der Waals surface area contributed by atoms with Gasteiger partial charge in [-0.2, -0.15) is 0 Å². The number of carboxylic acid groups (broad SMARTS) is 1. The van der Waals surface area contributed by atoms with E-state index in [0.29, 0.717) is 44.9 Å². The number of carbonyl (C=O) groups is 1. The maximum atomic E-state index is 13.9. The van der Waals surface area contributed by atoms with Gasteiger partial charge in [0.05, 0.1) is 17.9 Å². The zero-order valence-electron chi connectivity index (χ0n) is 23.9. The van der Waals surface area contributed by atoms with Crippen molar-refractivity contribution in [1.82, 2.24) is 9.80 Å². The summed E-state index contributed by atoms with van der Waals surface area (Å²) in [5.74, 6) is -1.03. The smallest absolute Gasteiger partial charge is 0.309 e. The molecule has 1 aliphatic carbocycles. The molecule has 0 bridgehead atoms. The molecule has 0 aromatic heterocycles. The molecule has 4 aliphatic heterocycles. The average molecular weight is 561 g/mol. The number of ether oxygens (including phenoxy) is 1. The Bertz CT molecular complexity index is 1160. The molecule has 0 amide bonds. The number of benzene rings is 1. The molecule has 1 N–H and O–H groups in total. The van der Waals surface area contributed by atoms with Crippen LogP contribution in [0.1, 0.15) is 82.8 Å². The Morgan fingerprint density at radius 2 is 1.75 bits per heavy atom. The molecule has 40 heavy (non-hydrogen) atoms. The summed E-state index contributed by atoms with van der Waals surface area (Å²) in [7, 11) is 0. The van der Waals surface area contributed by atoms with Crippen LogP contribution in [-0.2, 0) is 16.2 Å². The minimum atomic E-state index is -2.57. The summed E-state index contributed by atoms with van der Waals surface area (Å²) in [6.45, 7) is 10.2. The van der Waals surface area contributed by atoms with Crippen molar-refractivity contribution in [1.29, 1.82) is 0 Å². The Hall–Kier alpha value is -2.62. The number of hydrogen-bond donors (Lipinski definition) is 1. The summed E-state index contributed by atoms with van der Waals surface area (Å²) in [4.78, 5) is 24.3. The lowest BCUT2D eigenvalue weighted by molar-refractivity contribution is -0.150. The van der Waals surface area contributed by atoms with Crippen molar-refractivity contribution in [2.45, 2.75) is 95.8 Å². The summed E-state index contributed by atoms with van der Waals surface area (Å²) in [5, 5.41) is 14.0. The molecule has 4 heterocycles. The predicted octanol–water partition coefficient (Wildman–Crippen LogP) is 5.06. The maximum Gasteiger partial charge on any atom is 0.309 e. The molecule has 0 radical (unpaired) electrons. The highest BCUT2D eigenvalue weighted by molar-refractivity contribution is 5.85. The molecule has 220 valence electrons. The van der Waals surface area contributed by atoms with E-state index < -0.39 is 17.3 Å². The number of alkyl halides is 2. The highest BCUT2D eigenvalue weighted by atomic mass is 19.3. The zero-order valence-corrected chi connectivity index (χ0v) is 23.9. The molecule has 1 aromatic carbocycles. The van der Waals surface area contributed by atoms with Gasteiger partial charge in [0.25, 0.3) is 5.92 Å². The van der Waals surface area contributed by atoms with Crippen molar-refractivity contribution >= 4 is 17.5 Å². The SMILES string of the molecule is CC(C)Oc1cc(N2CCC(F)(F)CC2)c(C2CC2)cc1CN1CC2(CC(N3CCC(C)(C(=O)O)CC3)=NO2)C1. The Morgan fingerprint density at radius 3 is 2.35 bits per heavy atom. The van der Waals surface area contributed by atoms with Crippen LogP contribution in [0.25, 0.3) is 0 Å². The van der Waals surface area contributed by atoms with Gasteiger partial charge in [0.1, 0.15) is 11.6 Å². The molecule has 6 rings (SSSR count). The fraction of sp³-hybridized carbons (Fsp3) is 0.733. The second kappa shape index (κ2) is 10.0. The van der Waals surface area contributed by atoms with Crippen molar-refractivity contribution in [2.75, 3.05) is 44.2 Å². The van der Waals surface area contributed by atoms with Gasteiger partial charge in [-0.05, 0) is 64.0 Å². The molecule has 0 atom stereocenters. The molecular weight excluding hydrogens is 518 g/mol. The minimum Gasteiger partial charge on any atom is -0.491 e. The number of aliphatic carboxylic acids is 1. The summed E-state index contributed by atoms with van der Waals surface area (Å²) >= 11 is 0. The first-order valence-corrected chi connectivity index (χ1v) is 14.9. The topological polar surface area (TPSA) is 77.8 Å². The van der Waals surface area contributed by atoms with Gasteiger partial charge in [-0.15, -0.1) is 0 Å². The number of piperidine rings is 2. The molecular formula is C30H42F2N4O4. The third kappa shape index (κ3) is 5.48. The Morgan fingerprint density at radius 1 is 1.10 bits per heavy atom. The van der Waals surface area contributed by atoms with E-state index in [0.717, 1.165) is 61.7 Å². The van der Waals surface area contributed by atoms with Gasteiger partial charge in [-0.3, -0.25) is 9.69 Å². The fourth-order valence-corrected chi connectivity index (χ4v) is 6.63. The summed E-state index contributed by atoms with van der Waals surface area (Å²) in [6.07, 6.45) is 4.05. The number of nitrogens with zero attached hydrogens (tertiary/aromatic N) is 4. The molecule has 0 unspecified atom stereocenters. The van der Waals surface area contributed by atoms with Gasteiger partial charge < -0.3 is 24.5 Å². The average Bonchev–Trinajstić information content (AvgIpc) is 3.63. The third-order valence-corrected chi connectivity index (χ3v) is 9.42. The normalized spacial score (nSPS) is 25.5. The third-order valence-electron chi connectivity index (χ3n) is 9.42. The molecule has 1 aromatic rings. The van der Waals surface area contributed by atoms with Crippen molar-refractivity contribution in [3.63, 3.8) is 0 Å². The van der Waals surface area contributed by atoms with Crippen LogP contribution in [-0.4, -0.2) is 83.6 Å². The number of carboxylic acids is 1. The van der Waals surface area contributed by atoms with Gasteiger partial charge in [-0.1, -0.05) is 5.16 Å². The standard InChI is InChI=1S/C30H42F2N4O4/c1-20(2)39-25-15-24(35-12-8-30(31,32)9-13-35)23(21-4-5-21)14-22(25)17-34-18-29(19-34)16-26(33-40-29)36-10-6-28(3,7-11-36)27(37)38/h14-15,20-21H,4-13,16-19H2,1-3H3,(H,37,38). The van der Waals surface area contributed by atoms with Crippen LogP contribution in [0.15, 0.2) is 17.3 Å². The quantitative estimate of drug-likeness (QED) is 0.500. The van der Waals surface area contributed by atoms with Gasteiger partial charge >= 0.3 is 5.97 Å². The summed E-state index contributed by atoms with van der Waals surface area (Å²) < 4.78 is 34.1. The first kappa shape index (κ1) is 27.5. The predicted molar refractivity (Wildman–Crippen MR) is 148 cm³/mol. The van der Waals surface area contributed by atoms with E-state index in [1.54, 1.807) is 0 Å². The Kier molecular flexibility index (Phi) is 6.91. The number of rotatable bonds is 7. The lowest BCUT2D eigenvalue weighted by Gasteiger charge is -2.46. The largest absolute Gasteiger partial charge is 0.491 e. The van der Waals surface area contributed by atoms with E-state index in [1.165, 1.54) is 5.56 Å². The van der Waals surface area contributed by atoms with Crippen molar-refractivity contribution < 1.29 is 28.3 Å². The summed E-state index contributed by atoms with van der Waals surface area (Å²) in [6, 6.07) is 4.38. The van der Waals surface area contributed by atoms with Gasteiger partial charge in [0, 0.05) is 76.0 Å². The van der Waals surface area contributed by atoms with Gasteiger partial charge in [-0.25, -0.2) is 8.78 Å². The van der Waals surface area contributed by atoms with Crippen molar-refractivity contribution in [3.8, 4) is 5.75 Å². The number of likely N-dealkylation sites (tertiary alicyclic amines) is 2. The van der Waals surface area contributed by atoms with Crippen molar-refractivity contribution in [3.05, 3.63) is 23.3 Å². The first-order valence-electron chi connectivity index (χ1n) is 14.9. The van der Waals surface area contributed by atoms with Gasteiger partial charge in [0.15, 0.2) is 5.60 Å². The fourth-order valence-electron chi connectivity index (χ4n) is 6.63. The van der Waals surface area contributed by atoms with Crippen LogP contribution in [0, 0.1) is 5.41 Å². The zero-order chi connectivity index (χ0) is 28.3. The van der Waals surface area contributed by atoms with Crippen LogP contribution in [0.3, 0.4) is 0 Å². The van der Waals surface area contributed by atoms with E-state index in [1.807, 2.05) is 20.8 Å². The van der Waals surface area contributed by atoms with E-state index in [4.69, 9.17) is 9.57 Å². The Labute approximate surface area is 235 Å². The first-order chi connectivity index (χ1) is 18.9. The molecule has 10 heteroatoms. The van der Waals surface area contributed by atoms with Gasteiger partial charge in [0.2, 0.25) is 0 Å². The Balaban J connectivity index is 1.11. The molecule has 8 nitrogen and oxygen atoms in total. The van der Waals surface area contributed by atoms with Crippen molar-refractivity contribution in [2.24, 2.45) is 10.6 Å². The van der Waals surface area contributed by atoms with E-state index in [-0.39, 0.29) is 24.5 Å². The number of hydrogen-bond acceptors (Lipinski definition) is 7. The molecule has 1 saturated carbocycles. The number of halogens is 2. The lowest BCUT2D eigenvalue weighted by atomic mass is 9.80. The second-order valence-electron chi connectivity index (χ2n) is 13.3. The van der Waals surface area contributed by atoms with E-state index in [9.17, 15) is 18.7 Å². The highest BCUT2D eigenvalue weighted by Crippen LogP contribution is 2.48. The minimum absolute atomic E-state index is 0.00782. The number of amidine groups is 1. The van der Waals surface area contributed by atoms with E-state index >= 15 is 0 Å². The summed E-state index contributed by atoms with van der Waals surface area (Å²) in [5.41, 5.74) is 2.49. The van der Waals surface area contributed by atoms with Crippen LogP contribution >= 0.6 is 0 Å². The van der Waals surface area contributed by atoms with Crippen LogP contribution in [0.2, 0.25) is 0 Å². The molecule has 4 fully saturated rings. The van der Waals surface area contributed by atoms with E-state index in [2.05, 4.69) is 32.0 Å². The maximum absolute atomic E-state index is 13.9.